The van der Waals surface area contributed by atoms with Crippen molar-refractivity contribution < 1.29 is 0 Å². The molecule has 0 saturated carbocycles. The molecule has 0 spiro atoms. The number of hydrogen-bond donors (Lipinski definition) is 2. The lowest BCUT2D eigenvalue weighted by Crippen LogP contribution is -2.23. The van der Waals surface area contributed by atoms with Crippen molar-refractivity contribution >= 4 is 21.6 Å². The molecule has 2 aromatic rings. The third-order valence-corrected chi connectivity index (χ3v) is 4.83. The summed E-state index contributed by atoms with van der Waals surface area (Å²) in [5.74, 6) is 0. The van der Waals surface area contributed by atoms with Crippen molar-refractivity contribution in [1.29, 1.82) is 0 Å². The van der Waals surface area contributed by atoms with E-state index in [2.05, 4.69) is 63.7 Å². The third-order valence-electron chi connectivity index (χ3n) is 3.58. The second-order valence-electron chi connectivity index (χ2n) is 5.37. The summed E-state index contributed by atoms with van der Waals surface area (Å²) in [7, 11) is 0. The Morgan fingerprint density at radius 3 is 2.57 bits per heavy atom. The minimum absolute atomic E-state index is 0.0685. The Balaban J connectivity index is 2.25. The molecule has 21 heavy (non-hydrogen) atoms. The molecule has 1 heterocycles. The van der Waals surface area contributed by atoms with E-state index < -0.39 is 0 Å². The summed E-state index contributed by atoms with van der Waals surface area (Å²) in [6.07, 6.45) is 4.86. The Morgan fingerprint density at radius 2 is 2.00 bits per heavy atom. The molecule has 0 radical (unpaired) electrons. The monoisotopic (exact) mass is 350 g/mol. The van der Waals surface area contributed by atoms with E-state index in [-0.39, 0.29) is 6.04 Å². The molecule has 0 saturated heterocycles. The molecule has 2 rings (SSSR count). The van der Waals surface area contributed by atoms with Gasteiger partial charge in [0.1, 0.15) is 0 Å². The average Bonchev–Trinajstić information content (AvgIpc) is 2.90. The van der Waals surface area contributed by atoms with Gasteiger partial charge < -0.3 is 15.6 Å². The van der Waals surface area contributed by atoms with Crippen LogP contribution < -0.4 is 11.1 Å². The highest BCUT2D eigenvalue weighted by atomic mass is 79.9. The number of anilines is 1. The van der Waals surface area contributed by atoms with Crippen LogP contribution in [0.1, 0.15) is 36.2 Å². The van der Waals surface area contributed by atoms with Crippen molar-refractivity contribution in [3.8, 4) is 0 Å². The van der Waals surface area contributed by atoms with Crippen molar-refractivity contribution in [1.82, 2.24) is 9.55 Å². The van der Waals surface area contributed by atoms with Gasteiger partial charge >= 0.3 is 0 Å². The summed E-state index contributed by atoms with van der Waals surface area (Å²) in [5.41, 5.74) is 10.6. The topological polar surface area (TPSA) is 55.9 Å². The zero-order valence-corrected chi connectivity index (χ0v) is 14.4. The number of benzene rings is 1. The van der Waals surface area contributed by atoms with Gasteiger partial charge in [-0.3, -0.25) is 0 Å². The zero-order valence-electron chi connectivity index (χ0n) is 12.9. The summed E-state index contributed by atoms with van der Waals surface area (Å²) in [4.78, 5) is 4.26. The van der Waals surface area contributed by atoms with Gasteiger partial charge in [-0.15, -0.1) is 0 Å². The first kappa shape index (κ1) is 16.0. The van der Waals surface area contributed by atoms with Gasteiger partial charge in [0.25, 0.3) is 0 Å². The second kappa shape index (κ2) is 7.09. The van der Waals surface area contributed by atoms with Gasteiger partial charge in [-0.2, -0.15) is 0 Å². The van der Waals surface area contributed by atoms with Crippen molar-refractivity contribution in [2.45, 2.75) is 39.8 Å². The largest absolute Gasteiger partial charge is 0.375 e. The van der Waals surface area contributed by atoms with E-state index in [1.165, 1.54) is 11.1 Å². The first-order valence-electron chi connectivity index (χ1n) is 7.30. The summed E-state index contributed by atoms with van der Waals surface area (Å²) in [6.45, 7) is 7.85. The molecule has 1 atom stereocenters. The van der Waals surface area contributed by atoms with Crippen LogP contribution in [0, 0.1) is 13.8 Å². The fourth-order valence-corrected chi connectivity index (χ4v) is 2.76. The van der Waals surface area contributed by atoms with Gasteiger partial charge in [0, 0.05) is 23.2 Å². The maximum atomic E-state index is 5.97. The minimum atomic E-state index is 0.0685. The number of nitrogens with one attached hydrogen (secondary N) is 1. The molecule has 0 amide bonds. The number of aromatic nitrogens is 2. The predicted molar refractivity (Wildman–Crippen MR) is 91.6 cm³/mol. The number of hydrogen-bond acceptors (Lipinski definition) is 3. The molecule has 0 aliphatic heterocycles. The summed E-state index contributed by atoms with van der Waals surface area (Å²) in [5, 5.41) is 3.53. The molecule has 5 heteroatoms. The fraction of sp³-hybridized carbons (Fsp3) is 0.438. The first-order valence-corrected chi connectivity index (χ1v) is 8.09. The second-order valence-corrected chi connectivity index (χ2v) is 6.16. The lowest BCUT2D eigenvalue weighted by molar-refractivity contribution is 0.613. The number of rotatable bonds is 6. The Morgan fingerprint density at radius 1 is 1.33 bits per heavy atom. The maximum Gasteiger partial charge on any atom is 0.0948 e. The summed E-state index contributed by atoms with van der Waals surface area (Å²) in [6, 6.07) is 4.35. The van der Waals surface area contributed by atoms with Crippen LogP contribution in [0.25, 0.3) is 0 Å². The summed E-state index contributed by atoms with van der Waals surface area (Å²) >= 11 is 3.60. The zero-order chi connectivity index (χ0) is 15.4. The van der Waals surface area contributed by atoms with Crippen LogP contribution in [0.15, 0.2) is 29.1 Å². The van der Waals surface area contributed by atoms with Crippen LogP contribution in [0.3, 0.4) is 0 Å². The molecule has 0 bridgehead atoms. The highest BCUT2D eigenvalue weighted by Gasteiger charge is 2.15. The maximum absolute atomic E-state index is 5.97. The van der Waals surface area contributed by atoms with Crippen LogP contribution in [0.5, 0.6) is 0 Å². The molecule has 3 N–H and O–H groups in total. The first-order chi connectivity index (χ1) is 10.1. The SMILES string of the molecule is CCCn1cncc1C(CN)Nc1cc(C)c(Br)c(C)c1. The Kier molecular flexibility index (Phi) is 5.42. The van der Waals surface area contributed by atoms with Crippen molar-refractivity contribution in [3.63, 3.8) is 0 Å². The number of halogens is 1. The quantitative estimate of drug-likeness (QED) is 0.833. The molecule has 0 fully saturated rings. The predicted octanol–water partition coefficient (Wildman–Crippen LogP) is 3.78. The van der Waals surface area contributed by atoms with Crippen LogP contribution in [0.2, 0.25) is 0 Å². The third kappa shape index (κ3) is 3.66. The van der Waals surface area contributed by atoms with Crippen molar-refractivity contribution in [2.24, 2.45) is 5.73 Å². The van der Waals surface area contributed by atoms with E-state index in [0.29, 0.717) is 6.54 Å². The molecule has 114 valence electrons. The van der Waals surface area contributed by atoms with E-state index in [9.17, 15) is 0 Å². The molecular weight excluding hydrogens is 328 g/mol. The molecule has 1 aromatic heterocycles. The molecule has 4 nitrogen and oxygen atoms in total. The highest BCUT2D eigenvalue weighted by molar-refractivity contribution is 9.10. The molecule has 1 aromatic carbocycles. The van der Waals surface area contributed by atoms with Gasteiger partial charge in [-0.1, -0.05) is 22.9 Å². The normalized spacial score (nSPS) is 12.4. The molecule has 1 unspecified atom stereocenters. The van der Waals surface area contributed by atoms with Crippen molar-refractivity contribution in [2.75, 3.05) is 11.9 Å². The lowest BCUT2D eigenvalue weighted by atomic mass is 10.1. The van der Waals surface area contributed by atoms with Gasteiger partial charge in [-0.25, -0.2) is 4.98 Å². The molecular formula is C16H23BrN4. The van der Waals surface area contributed by atoms with Crippen molar-refractivity contribution in [3.05, 3.63) is 46.0 Å². The minimum Gasteiger partial charge on any atom is -0.375 e. The summed E-state index contributed by atoms with van der Waals surface area (Å²) < 4.78 is 3.33. The van der Waals surface area contributed by atoms with Gasteiger partial charge in [0.2, 0.25) is 0 Å². The fourth-order valence-electron chi connectivity index (χ4n) is 2.53. The number of nitrogens with zero attached hydrogens (tertiary/aromatic N) is 2. The van der Waals surface area contributed by atoms with Crippen LogP contribution in [-0.4, -0.2) is 16.1 Å². The average molecular weight is 351 g/mol. The van der Waals surface area contributed by atoms with Gasteiger partial charge in [-0.05, 0) is 43.5 Å². The van der Waals surface area contributed by atoms with Crippen LogP contribution in [-0.2, 0) is 6.54 Å². The Bertz CT molecular complexity index is 583. The lowest BCUT2D eigenvalue weighted by Gasteiger charge is -2.21. The molecule has 0 aliphatic rings. The number of imidazole rings is 1. The van der Waals surface area contributed by atoms with Crippen LogP contribution in [0.4, 0.5) is 5.69 Å². The van der Waals surface area contributed by atoms with Gasteiger partial charge in [0.15, 0.2) is 0 Å². The Hall–Kier alpha value is -1.33. The molecule has 0 aliphatic carbocycles. The van der Waals surface area contributed by atoms with E-state index >= 15 is 0 Å². The standard InChI is InChI=1S/C16H23BrN4/c1-4-5-21-10-19-9-15(21)14(8-18)20-13-6-11(2)16(17)12(3)7-13/h6-7,9-10,14,20H,4-5,8,18H2,1-3H3. The van der Waals surface area contributed by atoms with E-state index in [4.69, 9.17) is 5.73 Å². The van der Waals surface area contributed by atoms with E-state index in [0.717, 1.165) is 28.8 Å². The van der Waals surface area contributed by atoms with E-state index in [1.807, 2.05) is 12.5 Å². The van der Waals surface area contributed by atoms with E-state index in [1.54, 1.807) is 0 Å². The number of nitrogens with two attached hydrogens (primary N) is 1. The Labute approximate surface area is 134 Å². The van der Waals surface area contributed by atoms with Gasteiger partial charge in [0.05, 0.1) is 24.3 Å². The number of aryl methyl sites for hydroxylation is 3. The highest BCUT2D eigenvalue weighted by Crippen LogP contribution is 2.27. The van der Waals surface area contributed by atoms with Crippen LogP contribution >= 0.6 is 15.9 Å². The smallest absolute Gasteiger partial charge is 0.0948 e.